The van der Waals surface area contributed by atoms with Gasteiger partial charge in [-0.15, -0.1) is 0 Å². The van der Waals surface area contributed by atoms with Gasteiger partial charge in [0.25, 0.3) is 0 Å². The number of ether oxygens (including phenoxy) is 2. The third-order valence-electron chi connectivity index (χ3n) is 4.67. The fourth-order valence-corrected chi connectivity index (χ4v) is 3.13. The molecule has 0 unspecified atom stereocenters. The number of guanidine groups is 1. The van der Waals surface area contributed by atoms with E-state index in [0.717, 1.165) is 29.6 Å². The molecule has 0 fully saturated rings. The Bertz CT molecular complexity index is 954. The van der Waals surface area contributed by atoms with E-state index in [4.69, 9.17) is 9.47 Å². The SMILES string of the molecule is CCOc1ccc(CNC(=NC)NCc2ccccc2Cn2cccn2)cc1OC. The lowest BCUT2D eigenvalue weighted by Gasteiger charge is -2.15. The second kappa shape index (κ2) is 10.9. The van der Waals surface area contributed by atoms with Crippen LogP contribution in [0.15, 0.2) is 65.9 Å². The highest BCUT2D eigenvalue weighted by Crippen LogP contribution is 2.27. The summed E-state index contributed by atoms with van der Waals surface area (Å²) in [6, 6.07) is 16.2. The van der Waals surface area contributed by atoms with Crippen LogP contribution < -0.4 is 20.1 Å². The molecule has 0 aliphatic carbocycles. The van der Waals surface area contributed by atoms with E-state index in [1.807, 2.05) is 48.1 Å². The van der Waals surface area contributed by atoms with Crippen molar-refractivity contribution in [2.24, 2.45) is 4.99 Å². The zero-order chi connectivity index (χ0) is 21.2. The van der Waals surface area contributed by atoms with Crippen LogP contribution in [0.5, 0.6) is 11.5 Å². The van der Waals surface area contributed by atoms with E-state index in [2.05, 4.69) is 38.9 Å². The van der Waals surface area contributed by atoms with Crippen molar-refractivity contribution in [3.63, 3.8) is 0 Å². The van der Waals surface area contributed by atoms with Crippen molar-refractivity contribution < 1.29 is 9.47 Å². The molecule has 0 radical (unpaired) electrons. The third kappa shape index (κ3) is 5.76. The lowest BCUT2D eigenvalue weighted by Crippen LogP contribution is -2.36. The Morgan fingerprint density at radius 2 is 1.83 bits per heavy atom. The minimum Gasteiger partial charge on any atom is -0.493 e. The molecule has 7 nitrogen and oxygen atoms in total. The maximum atomic E-state index is 5.58. The standard InChI is InChI=1S/C23H29N5O2/c1-4-30-21-11-10-18(14-22(21)29-3)15-25-23(24-2)26-16-19-8-5-6-9-20(19)17-28-13-7-12-27-28/h5-14H,4,15-17H2,1-3H3,(H2,24,25,26). The second-order valence-corrected chi connectivity index (χ2v) is 6.67. The van der Waals surface area contributed by atoms with Crippen LogP contribution in [0.25, 0.3) is 0 Å². The number of rotatable bonds is 9. The van der Waals surface area contributed by atoms with Crippen molar-refractivity contribution in [1.82, 2.24) is 20.4 Å². The van der Waals surface area contributed by atoms with Crippen LogP contribution in [0.4, 0.5) is 0 Å². The molecule has 0 atom stereocenters. The van der Waals surface area contributed by atoms with Crippen molar-refractivity contribution in [2.45, 2.75) is 26.6 Å². The molecule has 2 N–H and O–H groups in total. The number of aliphatic imine (C=N–C) groups is 1. The number of aromatic nitrogens is 2. The Hall–Kier alpha value is -3.48. The van der Waals surface area contributed by atoms with Gasteiger partial charge >= 0.3 is 0 Å². The van der Waals surface area contributed by atoms with Crippen LogP contribution in [-0.4, -0.2) is 36.5 Å². The lowest BCUT2D eigenvalue weighted by molar-refractivity contribution is 0.310. The number of nitrogens with zero attached hydrogens (tertiary/aromatic N) is 3. The van der Waals surface area contributed by atoms with Crippen LogP contribution in [0.1, 0.15) is 23.6 Å². The molecule has 2 aromatic carbocycles. The van der Waals surface area contributed by atoms with E-state index in [1.54, 1.807) is 20.4 Å². The molecule has 158 valence electrons. The van der Waals surface area contributed by atoms with E-state index in [-0.39, 0.29) is 0 Å². The Morgan fingerprint density at radius 3 is 2.53 bits per heavy atom. The third-order valence-corrected chi connectivity index (χ3v) is 4.67. The number of methoxy groups -OCH3 is 1. The summed E-state index contributed by atoms with van der Waals surface area (Å²) in [6.07, 6.45) is 3.76. The highest BCUT2D eigenvalue weighted by atomic mass is 16.5. The number of benzene rings is 2. The molecule has 1 aromatic heterocycles. The van der Waals surface area contributed by atoms with E-state index in [1.165, 1.54) is 11.1 Å². The summed E-state index contributed by atoms with van der Waals surface area (Å²) in [4.78, 5) is 4.33. The van der Waals surface area contributed by atoms with E-state index < -0.39 is 0 Å². The summed E-state index contributed by atoms with van der Waals surface area (Å²) in [5.41, 5.74) is 3.51. The highest BCUT2D eigenvalue weighted by Gasteiger charge is 2.07. The molecule has 1 heterocycles. The summed E-state index contributed by atoms with van der Waals surface area (Å²) < 4.78 is 12.9. The summed E-state index contributed by atoms with van der Waals surface area (Å²) in [5, 5.41) is 11.0. The Balaban J connectivity index is 1.58. The molecule has 0 aliphatic rings. The minimum atomic E-state index is 0.604. The first-order valence-electron chi connectivity index (χ1n) is 10.0. The van der Waals surface area contributed by atoms with Gasteiger partial charge in [0, 0.05) is 32.5 Å². The van der Waals surface area contributed by atoms with Crippen LogP contribution in [-0.2, 0) is 19.6 Å². The normalized spacial score (nSPS) is 11.2. The number of hydrogen-bond acceptors (Lipinski definition) is 4. The summed E-state index contributed by atoms with van der Waals surface area (Å²) in [5.74, 6) is 2.21. The first-order chi connectivity index (χ1) is 14.7. The molecule has 0 bridgehead atoms. The topological polar surface area (TPSA) is 72.7 Å². The number of hydrogen-bond donors (Lipinski definition) is 2. The van der Waals surface area contributed by atoms with Gasteiger partial charge in [-0.05, 0) is 41.8 Å². The second-order valence-electron chi connectivity index (χ2n) is 6.67. The van der Waals surface area contributed by atoms with Crippen molar-refractivity contribution >= 4 is 5.96 Å². The van der Waals surface area contributed by atoms with Crippen LogP contribution in [0, 0.1) is 0 Å². The maximum absolute atomic E-state index is 5.58. The fourth-order valence-electron chi connectivity index (χ4n) is 3.13. The van der Waals surface area contributed by atoms with Gasteiger partial charge in [0.1, 0.15) is 0 Å². The summed E-state index contributed by atoms with van der Waals surface area (Å²) in [7, 11) is 3.42. The Kier molecular flexibility index (Phi) is 7.71. The largest absolute Gasteiger partial charge is 0.493 e. The van der Waals surface area contributed by atoms with Gasteiger partial charge < -0.3 is 20.1 Å². The smallest absolute Gasteiger partial charge is 0.191 e. The summed E-state index contributed by atoms with van der Waals surface area (Å²) in [6.45, 7) is 4.59. The zero-order valence-corrected chi connectivity index (χ0v) is 17.8. The van der Waals surface area contributed by atoms with E-state index in [0.29, 0.717) is 19.7 Å². The maximum Gasteiger partial charge on any atom is 0.191 e. The minimum absolute atomic E-state index is 0.604. The van der Waals surface area contributed by atoms with Crippen molar-refractivity contribution in [3.8, 4) is 11.5 Å². The number of nitrogens with one attached hydrogen (secondary N) is 2. The molecule has 7 heteroatoms. The molecule has 3 aromatic rings. The van der Waals surface area contributed by atoms with Gasteiger partial charge in [-0.1, -0.05) is 30.3 Å². The molecule has 0 saturated heterocycles. The van der Waals surface area contributed by atoms with Crippen LogP contribution >= 0.6 is 0 Å². The molecule has 0 spiro atoms. The van der Waals surface area contributed by atoms with Gasteiger partial charge in [0.2, 0.25) is 0 Å². The zero-order valence-electron chi connectivity index (χ0n) is 17.8. The van der Waals surface area contributed by atoms with Gasteiger partial charge in [-0.2, -0.15) is 5.10 Å². The Labute approximate surface area is 177 Å². The van der Waals surface area contributed by atoms with E-state index in [9.17, 15) is 0 Å². The van der Waals surface area contributed by atoms with Crippen LogP contribution in [0.3, 0.4) is 0 Å². The molecule has 0 saturated carbocycles. The first kappa shape index (κ1) is 21.2. The monoisotopic (exact) mass is 407 g/mol. The molecule has 30 heavy (non-hydrogen) atoms. The van der Waals surface area contributed by atoms with E-state index >= 15 is 0 Å². The van der Waals surface area contributed by atoms with Gasteiger partial charge in [-0.25, -0.2) is 0 Å². The van der Waals surface area contributed by atoms with Gasteiger partial charge in [0.15, 0.2) is 17.5 Å². The lowest BCUT2D eigenvalue weighted by atomic mass is 10.1. The highest BCUT2D eigenvalue weighted by molar-refractivity contribution is 5.79. The predicted molar refractivity (Wildman–Crippen MR) is 119 cm³/mol. The van der Waals surface area contributed by atoms with Crippen molar-refractivity contribution in [3.05, 3.63) is 77.6 Å². The van der Waals surface area contributed by atoms with Crippen molar-refractivity contribution in [2.75, 3.05) is 20.8 Å². The van der Waals surface area contributed by atoms with Crippen molar-refractivity contribution in [1.29, 1.82) is 0 Å². The predicted octanol–water partition coefficient (Wildman–Crippen LogP) is 3.20. The fraction of sp³-hybridized carbons (Fsp3) is 0.304. The molecular weight excluding hydrogens is 378 g/mol. The van der Waals surface area contributed by atoms with Gasteiger partial charge in [0.05, 0.1) is 20.3 Å². The van der Waals surface area contributed by atoms with Gasteiger partial charge in [-0.3, -0.25) is 9.67 Å². The molecule has 0 aliphatic heterocycles. The molecule has 3 rings (SSSR count). The quantitative estimate of drug-likeness (QED) is 0.421. The average molecular weight is 408 g/mol. The first-order valence-corrected chi connectivity index (χ1v) is 10.0. The summed E-state index contributed by atoms with van der Waals surface area (Å²) >= 11 is 0. The molecule has 0 amide bonds. The Morgan fingerprint density at radius 1 is 1.03 bits per heavy atom. The molecular formula is C23H29N5O2. The van der Waals surface area contributed by atoms with Crippen LogP contribution in [0.2, 0.25) is 0 Å². The average Bonchev–Trinajstić information content (AvgIpc) is 3.29.